The van der Waals surface area contributed by atoms with E-state index in [0.717, 1.165) is 58.5 Å². The Labute approximate surface area is 170 Å². The molecule has 0 spiro atoms. The van der Waals surface area contributed by atoms with Gasteiger partial charge in [0.05, 0.1) is 6.20 Å². The van der Waals surface area contributed by atoms with E-state index >= 15 is 0 Å². The fourth-order valence-electron chi connectivity index (χ4n) is 3.20. The molecule has 7 nitrogen and oxygen atoms in total. The van der Waals surface area contributed by atoms with E-state index in [-0.39, 0.29) is 0 Å². The largest absolute Gasteiger partial charge is 0.368 e. The van der Waals surface area contributed by atoms with Crippen LogP contribution in [0.3, 0.4) is 0 Å². The number of unbranched alkanes of at least 4 members (excludes halogenated alkanes) is 1. The molecule has 148 valence electrons. The topological polar surface area (TPSA) is 80.5 Å². The number of hydrogen-bond acceptors (Lipinski definition) is 6. The first-order valence-electron chi connectivity index (χ1n) is 9.86. The first-order chi connectivity index (χ1) is 14.1. The van der Waals surface area contributed by atoms with Crippen molar-refractivity contribution in [3.05, 3.63) is 54.6 Å². The van der Waals surface area contributed by atoms with Crippen molar-refractivity contribution in [2.24, 2.45) is 7.05 Å². The minimum atomic E-state index is 0.557. The maximum atomic E-state index is 4.71. The summed E-state index contributed by atoms with van der Waals surface area (Å²) in [5.41, 5.74) is 5.14. The zero-order valence-corrected chi connectivity index (χ0v) is 17.0. The fraction of sp³-hybridized carbons (Fsp3) is 0.273. The standard InChI is InChI=1S/C22H25N7/c1-4-5-9-23-21-20-17(8-10-24-21)12-25-22(28-20)27-19-7-6-16(11-15(19)2)18-13-26-29(3)14-18/h6-8,10-14H,4-5,9H2,1-3H3,(H,23,24)(H,25,27,28). The molecule has 4 aromatic rings. The van der Waals surface area contributed by atoms with Crippen molar-refractivity contribution in [1.82, 2.24) is 24.7 Å². The molecule has 4 rings (SSSR count). The summed E-state index contributed by atoms with van der Waals surface area (Å²) in [4.78, 5) is 13.6. The van der Waals surface area contributed by atoms with Crippen molar-refractivity contribution < 1.29 is 0 Å². The zero-order valence-electron chi connectivity index (χ0n) is 17.0. The Morgan fingerprint density at radius 3 is 2.72 bits per heavy atom. The van der Waals surface area contributed by atoms with Crippen molar-refractivity contribution >= 4 is 28.4 Å². The second-order valence-corrected chi connectivity index (χ2v) is 7.13. The van der Waals surface area contributed by atoms with Crippen molar-refractivity contribution in [3.63, 3.8) is 0 Å². The molecule has 0 aliphatic carbocycles. The van der Waals surface area contributed by atoms with Gasteiger partial charge in [-0.25, -0.2) is 15.0 Å². The average Bonchev–Trinajstić information content (AvgIpc) is 3.16. The van der Waals surface area contributed by atoms with Gasteiger partial charge in [0.25, 0.3) is 0 Å². The highest BCUT2D eigenvalue weighted by Crippen LogP contribution is 2.27. The Kier molecular flexibility index (Phi) is 5.37. The van der Waals surface area contributed by atoms with Crippen molar-refractivity contribution in [2.45, 2.75) is 26.7 Å². The Balaban J connectivity index is 1.59. The third kappa shape index (κ3) is 4.18. The third-order valence-electron chi connectivity index (χ3n) is 4.83. The highest BCUT2D eigenvalue weighted by molar-refractivity contribution is 5.88. The number of aromatic nitrogens is 5. The maximum Gasteiger partial charge on any atom is 0.227 e. The van der Waals surface area contributed by atoms with Crippen LogP contribution in [0.25, 0.3) is 22.0 Å². The Morgan fingerprint density at radius 2 is 1.97 bits per heavy atom. The number of nitrogens with zero attached hydrogens (tertiary/aromatic N) is 5. The van der Waals surface area contributed by atoms with Gasteiger partial charge in [-0.2, -0.15) is 5.10 Å². The van der Waals surface area contributed by atoms with Crippen LogP contribution < -0.4 is 10.6 Å². The van der Waals surface area contributed by atoms with E-state index in [0.29, 0.717) is 5.95 Å². The van der Waals surface area contributed by atoms with Crippen LogP contribution in [0.4, 0.5) is 17.5 Å². The molecule has 2 N–H and O–H groups in total. The minimum absolute atomic E-state index is 0.557. The highest BCUT2D eigenvalue weighted by atomic mass is 15.2. The van der Waals surface area contributed by atoms with E-state index in [1.54, 1.807) is 10.9 Å². The quantitative estimate of drug-likeness (QED) is 0.448. The summed E-state index contributed by atoms with van der Waals surface area (Å²) in [6.07, 6.45) is 9.72. The molecule has 0 atom stereocenters. The van der Waals surface area contributed by atoms with E-state index in [1.165, 1.54) is 0 Å². The summed E-state index contributed by atoms with van der Waals surface area (Å²) in [7, 11) is 1.92. The van der Waals surface area contributed by atoms with Gasteiger partial charge in [-0.3, -0.25) is 4.68 Å². The molecule has 7 heteroatoms. The third-order valence-corrected chi connectivity index (χ3v) is 4.83. The van der Waals surface area contributed by atoms with E-state index in [1.807, 2.05) is 31.7 Å². The van der Waals surface area contributed by atoms with Gasteiger partial charge in [-0.05, 0) is 42.7 Å². The van der Waals surface area contributed by atoms with Gasteiger partial charge in [0, 0.05) is 48.8 Å². The van der Waals surface area contributed by atoms with Gasteiger partial charge < -0.3 is 10.6 Å². The first-order valence-corrected chi connectivity index (χ1v) is 9.86. The van der Waals surface area contributed by atoms with Gasteiger partial charge in [0.2, 0.25) is 5.95 Å². The summed E-state index contributed by atoms with van der Waals surface area (Å²) in [5, 5.41) is 11.9. The molecule has 0 aliphatic heterocycles. The van der Waals surface area contributed by atoms with E-state index < -0.39 is 0 Å². The molecule has 0 amide bonds. The molecule has 0 saturated carbocycles. The number of fused-ring (bicyclic) bond motifs is 1. The van der Waals surface area contributed by atoms with Gasteiger partial charge in [0.15, 0.2) is 5.82 Å². The molecule has 0 fully saturated rings. The summed E-state index contributed by atoms with van der Waals surface area (Å²) in [6, 6.07) is 8.19. The molecule has 0 aliphatic rings. The number of hydrogen-bond donors (Lipinski definition) is 2. The van der Waals surface area contributed by atoms with E-state index in [4.69, 9.17) is 4.98 Å². The second-order valence-electron chi connectivity index (χ2n) is 7.13. The SMILES string of the molecule is CCCCNc1nccc2cnc(Nc3ccc(-c4cnn(C)c4)cc3C)nc12. The predicted octanol–water partition coefficient (Wildman–Crippen LogP) is 4.69. The van der Waals surface area contributed by atoms with Crippen LogP contribution in [-0.2, 0) is 7.05 Å². The smallest absolute Gasteiger partial charge is 0.227 e. The Bertz CT molecular complexity index is 1130. The molecule has 0 bridgehead atoms. The van der Waals surface area contributed by atoms with Crippen LogP contribution in [0, 0.1) is 6.92 Å². The minimum Gasteiger partial charge on any atom is -0.368 e. The first kappa shape index (κ1) is 18.9. The number of anilines is 3. The summed E-state index contributed by atoms with van der Waals surface area (Å²) in [5.74, 6) is 1.35. The summed E-state index contributed by atoms with van der Waals surface area (Å²) < 4.78 is 1.81. The Morgan fingerprint density at radius 1 is 1.07 bits per heavy atom. The molecular weight excluding hydrogens is 362 g/mol. The van der Waals surface area contributed by atoms with Crippen LogP contribution in [0.5, 0.6) is 0 Å². The van der Waals surface area contributed by atoms with E-state index in [2.05, 4.69) is 57.7 Å². The number of pyridine rings is 1. The van der Waals surface area contributed by atoms with Crippen LogP contribution in [0.15, 0.2) is 49.1 Å². The maximum absolute atomic E-state index is 4.71. The van der Waals surface area contributed by atoms with Crippen molar-refractivity contribution in [3.8, 4) is 11.1 Å². The molecule has 3 aromatic heterocycles. The van der Waals surface area contributed by atoms with Gasteiger partial charge >= 0.3 is 0 Å². The molecule has 0 unspecified atom stereocenters. The molecule has 3 heterocycles. The monoisotopic (exact) mass is 387 g/mol. The number of benzene rings is 1. The highest BCUT2D eigenvalue weighted by Gasteiger charge is 2.09. The van der Waals surface area contributed by atoms with Crippen molar-refractivity contribution in [1.29, 1.82) is 0 Å². The lowest BCUT2D eigenvalue weighted by Crippen LogP contribution is -2.05. The van der Waals surface area contributed by atoms with Crippen LogP contribution >= 0.6 is 0 Å². The number of rotatable bonds is 7. The molecule has 0 radical (unpaired) electrons. The van der Waals surface area contributed by atoms with Crippen LogP contribution in [0.2, 0.25) is 0 Å². The fourth-order valence-corrected chi connectivity index (χ4v) is 3.20. The molecule has 0 saturated heterocycles. The number of aryl methyl sites for hydroxylation is 2. The Hall–Kier alpha value is -3.48. The van der Waals surface area contributed by atoms with Gasteiger partial charge in [-0.1, -0.05) is 19.4 Å². The van der Waals surface area contributed by atoms with Crippen molar-refractivity contribution in [2.75, 3.05) is 17.2 Å². The molecular formula is C22H25N7. The summed E-state index contributed by atoms with van der Waals surface area (Å²) >= 11 is 0. The van der Waals surface area contributed by atoms with Crippen LogP contribution in [0.1, 0.15) is 25.3 Å². The zero-order chi connectivity index (χ0) is 20.2. The average molecular weight is 387 g/mol. The van der Waals surface area contributed by atoms with Crippen LogP contribution in [-0.4, -0.2) is 31.3 Å². The predicted molar refractivity (Wildman–Crippen MR) is 117 cm³/mol. The lowest BCUT2D eigenvalue weighted by Gasteiger charge is -2.11. The second kappa shape index (κ2) is 8.26. The van der Waals surface area contributed by atoms with E-state index in [9.17, 15) is 0 Å². The lowest BCUT2D eigenvalue weighted by molar-refractivity contribution is 0.768. The lowest BCUT2D eigenvalue weighted by atomic mass is 10.1. The molecule has 29 heavy (non-hydrogen) atoms. The molecule has 1 aromatic carbocycles. The van der Waals surface area contributed by atoms with Gasteiger partial charge in [0.1, 0.15) is 5.52 Å². The normalized spacial score (nSPS) is 11.0. The summed E-state index contributed by atoms with van der Waals surface area (Å²) in [6.45, 7) is 5.12. The number of nitrogens with one attached hydrogen (secondary N) is 2. The van der Waals surface area contributed by atoms with Gasteiger partial charge in [-0.15, -0.1) is 0 Å².